The maximum atomic E-state index is 11.8. The molecule has 2 fully saturated rings. The third kappa shape index (κ3) is 3.85. The van der Waals surface area contributed by atoms with E-state index < -0.39 is 5.97 Å². The first-order valence-corrected chi connectivity index (χ1v) is 12.5. The molecule has 0 bridgehead atoms. The third-order valence-corrected chi connectivity index (χ3v) is 7.50. The Bertz CT molecular complexity index is 1460. The van der Waals surface area contributed by atoms with Gasteiger partial charge in [0.25, 0.3) is 0 Å². The van der Waals surface area contributed by atoms with Crippen LogP contribution in [0.5, 0.6) is 5.75 Å². The lowest BCUT2D eigenvalue weighted by atomic mass is 9.95. The normalized spacial score (nSPS) is 18.0. The Morgan fingerprint density at radius 3 is 2.67 bits per heavy atom. The Labute approximate surface area is 212 Å². The average Bonchev–Trinajstić information content (AvgIpc) is 3.55. The van der Waals surface area contributed by atoms with Gasteiger partial charge in [0.05, 0.1) is 35.0 Å². The Kier molecular flexibility index (Phi) is 5.73. The molecule has 6 rings (SSSR count). The van der Waals surface area contributed by atoms with Crippen molar-refractivity contribution in [3.05, 3.63) is 52.6 Å². The standard InChI is InChI=1S/C27H26ClN3O5/c1-14-24(15(2)36-30-14)17-8-20-21(12-31(26(20)29-11-17)18-6-7-34-13-18)25-22(28)9-16(27(32)33)10-23(25)35-19-4-3-5-19/h8-12,18-19H,3-7,13H2,1-2H3,(H,32,33)/t18-/m0/s1. The summed E-state index contributed by atoms with van der Waals surface area (Å²) in [5, 5.41) is 15.0. The number of rotatable bonds is 6. The quantitative estimate of drug-likeness (QED) is 0.330. The predicted molar refractivity (Wildman–Crippen MR) is 135 cm³/mol. The molecule has 36 heavy (non-hydrogen) atoms. The lowest BCUT2D eigenvalue weighted by Gasteiger charge is -2.28. The number of aryl methyl sites for hydroxylation is 2. The molecule has 4 heterocycles. The number of pyridine rings is 1. The van der Waals surface area contributed by atoms with Crippen molar-refractivity contribution < 1.29 is 23.9 Å². The molecule has 4 aromatic rings. The number of hydrogen-bond acceptors (Lipinski definition) is 6. The first-order valence-electron chi connectivity index (χ1n) is 12.2. The molecule has 0 amide bonds. The van der Waals surface area contributed by atoms with Gasteiger partial charge in [-0.25, -0.2) is 9.78 Å². The van der Waals surface area contributed by atoms with Crippen LogP contribution in [0.2, 0.25) is 5.02 Å². The van der Waals surface area contributed by atoms with Crippen molar-refractivity contribution in [3.63, 3.8) is 0 Å². The van der Waals surface area contributed by atoms with E-state index in [2.05, 4.69) is 15.8 Å². The van der Waals surface area contributed by atoms with Crippen LogP contribution in [0, 0.1) is 13.8 Å². The number of carbonyl (C=O) groups is 1. The van der Waals surface area contributed by atoms with Crippen molar-refractivity contribution in [2.75, 3.05) is 13.2 Å². The molecule has 8 nitrogen and oxygen atoms in total. The van der Waals surface area contributed by atoms with Crippen molar-refractivity contribution in [1.29, 1.82) is 0 Å². The maximum absolute atomic E-state index is 11.8. The molecule has 1 saturated heterocycles. The van der Waals surface area contributed by atoms with Gasteiger partial charge in [0.1, 0.15) is 17.2 Å². The number of aromatic nitrogens is 3. The van der Waals surface area contributed by atoms with E-state index in [0.29, 0.717) is 29.5 Å². The highest BCUT2D eigenvalue weighted by Crippen LogP contribution is 2.45. The summed E-state index contributed by atoms with van der Waals surface area (Å²) < 4.78 is 19.5. The van der Waals surface area contributed by atoms with Gasteiger partial charge < -0.3 is 23.7 Å². The van der Waals surface area contributed by atoms with Crippen LogP contribution in [-0.2, 0) is 4.74 Å². The van der Waals surface area contributed by atoms with E-state index in [1.165, 1.54) is 6.07 Å². The van der Waals surface area contributed by atoms with E-state index in [1.54, 1.807) is 6.07 Å². The van der Waals surface area contributed by atoms with Crippen LogP contribution >= 0.6 is 11.6 Å². The molecule has 3 aromatic heterocycles. The number of benzene rings is 1. The molecule has 0 radical (unpaired) electrons. The van der Waals surface area contributed by atoms with Gasteiger partial charge in [-0.3, -0.25) is 0 Å². The topological polar surface area (TPSA) is 99.6 Å². The maximum Gasteiger partial charge on any atom is 0.335 e. The SMILES string of the molecule is Cc1noc(C)c1-c1cnc2c(c1)c(-c1c(Cl)cc(C(=O)O)cc1OC1CCC1)cn2[C@H]1CCOC1. The van der Waals surface area contributed by atoms with Gasteiger partial charge in [-0.05, 0) is 57.7 Å². The van der Waals surface area contributed by atoms with E-state index in [-0.39, 0.29) is 17.7 Å². The summed E-state index contributed by atoms with van der Waals surface area (Å²) in [6.07, 6.45) is 7.79. The second-order valence-corrected chi connectivity index (χ2v) is 9.98. The molecule has 2 aliphatic rings. The van der Waals surface area contributed by atoms with Crippen molar-refractivity contribution in [3.8, 4) is 28.0 Å². The van der Waals surface area contributed by atoms with Crippen molar-refractivity contribution in [2.24, 2.45) is 0 Å². The van der Waals surface area contributed by atoms with E-state index >= 15 is 0 Å². The summed E-state index contributed by atoms with van der Waals surface area (Å²) in [5.74, 6) is 0.153. The number of carboxylic acid groups (broad SMARTS) is 1. The molecule has 0 spiro atoms. The molecule has 9 heteroatoms. The van der Waals surface area contributed by atoms with E-state index in [9.17, 15) is 9.90 Å². The highest BCUT2D eigenvalue weighted by Gasteiger charge is 2.28. The number of hydrogen-bond donors (Lipinski definition) is 1. The Morgan fingerprint density at radius 2 is 2.03 bits per heavy atom. The number of ether oxygens (including phenoxy) is 2. The molecular formula is C27H26ClN3O5. The zero-order chi connectivity index (χ0) is 25.0. The smallest absolute Gasteiger partial charge is 0.335 e. The van der Waals surface area contributed by atoms with Crippen molar-refractivity contribution in [1.82, 2.24) is 14.7 Å². The van der Waals surface area contributed by atoms with Gasteiger partial charge in [-0.2, -0.15) is 0 Å². The number of halogens is 1. The monoisotopic (exact) mass is 507 g/mol. The fourth-order valence-corrected chi connectivity index (χ4v) is 5.42. The van der Waals surface area contributed by atoms with Gasteiger partial charge >= 0.3 is 5.97 Å². The molecule has 1 aromatic carbocycles. The van der Waals surface area contributed by atoms with Crippen molar-refractivity contribution >= 4 is 28.6 Å². The van der Waals surface area contributed by atoms with Crippen molar-refractivity contribution in [2.45, 2.75) is 51.7 Å². The van der Waals surface area contributed by atoms with Crippen LogP contribution in [0.4, 0.5) is 0 Å². The van der Waals surface area contributed by atoms with Gasteiger partial charge in [-0.1, -0.05) is 16.8 Å². The summed E-state index contributed by atoms with van der Waals surface area (Å²) in [5.41, 5.74) is 5.01. The third-order valence-electron chi connectivity index (χ3n) is 7.21. The number of fused-ring (bicyclic) bond motifs is 1. The van der Waals surface area contributed by atoms with Gasteiger partial charge in [0, 0.05) is 46.6 Å². The van der Waals surface area contributed by atoms with E-state index in [4.69, 9.17) is 30.6 Å². The molecule has 1 atom stereocenters. The summed E-state index contributed by atoms with van der Waals surface area (Å²) in [6, 6.07) is 5.28. The molecule has 1 saturated carbocycles. The molecular weight excluding hydrogens is 482 g/mol. The second kappa shape index (κ2) is 8.94. The largest absolute Gasteiger partial charge is 0.490 e. The summed E-state index contributed by atoms with van der Waals surface area (Å²) >= 11 is 6.79. The van der Waals surface area contributed by atoms with Crippen LogP contribution in [0.3, 0.4) is 0 Å². The van der Waals surface area contributed by atoms with Crippen LogP contribution in [0.15, 0.2) is 35.1 Å². The highest BCUT2D eigenvalue weighted by atomic mass is 35.5. The number of aromatic carboxylic acids is 1. The zero-order valence-corrected chi connectivity index (χ0v) is 20.8. The Morgan fingerprint density at radius 1 is 1.19 bits per heavy atom. The minimum absolute atomic E-state index is 0.0523. The van der Waals surface area contributed by atoms with E-state index in [1.807, 2.05) is 26.2 Å². The minimum atomic E-state index is -1.05. The van der Waals surface area contributed by atoms with Crippen LogP contribution in [0.1, 0.15) is 53.5 Å². The van der Waals surface area contributed by atoms with Gasteiger partial charge in [-0.15, -0.1) is 0 Å². The molecule has 1 aliphatic carbocycles. The predicted octanol–water partition coefficient (Wildman–Crippen LogP) is 6.22. The lowest BCUT2D eigenvalue weighted by molar-refractivity contribution is 0.0695. The fraction of sp³-hybridized carbons (Fsp3) is 0.370. The summed E-state index contributed by atoms with van der Waals surface area (Å²) in [6.45, 7) is 5.09. The van der Waals surface area contributed by atoms with Crippen LogP contribution < -0.4 is 4.74 Å². The number of nitrogens with zero attached hydrogens (tertiary/aromatic N) is 3. The summed E-state index contributed by atoms with van der Waals surface area (Å²) in [7, 11) is 0. The Balaban J connectivity index is 1.60. The first-order chi connectivity index (χ1) is 17.4. The molecule has 1 N–H and O–H groups in total. The zero-order valence-electron chi connectivity index (χ0n) is 20.1. The van der Waals surface area contributed by atoms with E-state index in [0.717, 1.165) is 64.9 Å². The van der Waals surface area contributed by atoms with Gasteiger partial charge in [0.15, 0.2) is 0 Å². The minimum Gasteiger partial charge on any atom is -0.490 e. The molecule has 186 valence electrons. The number of carboxylic acids is 1. The highest BCUT2D eigenvalue weighted by molar-refractivity contribution is 6.34. The lowest BCUT2D eigenvalue weighted by Crippen LogP contribution is -2.25. The second-order valence-electron chi connectivity index (χ2n) is 9.57. The summed E-state index contributed by atoms with van der Waals surface area (Å²) in [4.78, 5) is 16.7. The molecule has 1 aliphatic heterocycles. The fourth-order valence-electron chi connectivity index (χ4n) is 5.11. The molecule has 0 unspecified atom stereocenters. The Hall–Kier alpha value is -3.36. The van der Waals surface area contributed by atoms with Crippen LogP contribution in [-0.4, -0.2) is 45.1 Å². The first kappa shape index (κ1) is 23.1. The van der Waals surface area contributed by atoms with Crippen LogP contribution in [0.25, 0.3) is 33.3 Å². The van der Waals surface area contributed by atoms with Gasteiger partial charge in [0.2, 0.25) is 0 Å². The average molecular weight is 508 g/mol.